The SMILES string of the molecule is CCCC[B]PC. The molecule has 0 fully saturated rings. The maximum absolute atomic E-state index is 2.36. The van der Waals surface area contributed by atoms with Gasteiger partial charge in [0.15, 0.2) is 0 Å². The van der Waals surface area contributed by atoms with Crippen molar-refractivity contribution in [2.75, 3.05) is 6.66 Å². The molecule has 0 nitrogen and oxygen atoms in total. The third-order valence-corrected chi connectivity index (χ3v) is 1.60. The van der Waals surface area contributed by atoms with Crippen LogP contribution >= 0.6 is 8.46 Å². The molecular weight excluding hydrogens is 102 g/mol. The van der Waals surface area contributed by atoms with Crippen LogP contribution in [0, 0.1) is 0 Å². The second-order valence-corrected chi connectivity index (χ2v) is 2.62. The van der Waals surface area contributed by atoms with Gasteiger partial charge in [0.1, 0.15) is 7.00 Å². The van der Waals surface area contributed by atoms with Gasteiger partial charge in [0, 0.05) is 0 Å². The quantitative estimate of drug-likeness (QED) is 0.299. The molecule has 0 aliphatic heterocycles. The first-order valence-corrected chi connectivity index (χ1v) is 4.48. The monoisotopic (exact) mass is 115 g/mol. The molecule has 0 amide bonds. The fraction of sp³-hybridized carbons (Fsp3) is 1.00. The van der Waals surface area contributed by atoms with Crippen LogP contribution in [0.1, 0.15) is 19.8 Å². The molecule has 0 spiro atoms. The van der Waals surface area contributed by atoms with Crippen LogP contribution in [0.3, 0.4) is 0 Å². The molecule has 0 aliphatic carbocycles. The molecule has 1 unspecified atom stereocenters. The van der Waals surface area contributed by atoms with E-state index in [1.807, 2.05) is 0 Å². The summed E-state index contributed by atoms with van der Waals surface area (Å²) in [7, 11) is 1.04. The van der Waals surface area contributed by atoms with E-state index in [1.54, 1.807) is 0 Å². The van der Waals surface area contributed by atoms with Gasteiger partial charge in [-0.1, -0.05) is 32.8 Å². The minimum absolute atomic E-state index is 1.04. The molecule has 0 saturated heterocycles. The fourth-order valence-electron chi connectivity index (χ4n) is 0.451. The van der Waals surface area contributed by atoms with Gasteiger partial charge in [0.25, 0.3) is 0 Å². The Morgan fingerprint density at radius 1 is 1.57 bits per heavy atom. The Hall–Kier alpha value is 0.495. The van der Waals surface area contributed by atoms with Gasteiger partial charge in [0.2, 0.25) is 0 Å². The molecule has 0 saturated carbocycles. The van der Waals surface area contributed by atoms with Crippen LogP contribution in [-0.4, -0.2) is 13.7 Å². The molecule has 41 valence electrons. The molecule has 2 heteroatoms. The van der Waals surface area contributed by atoms with E-state index in [-0.39, 0.29) is 0 Å². The van der Waals surface area contributed by atoms with Gasteiger partial charge in [-0.2, -0.15) is 8.46 Å². The van der Waals surface area contributed by atoms with Crippen LogP contribution in [0.15, 0.2) is 0 Å². The van der Waals surface area contributed by atoms with Gasteiger partial charge in [-0.3, -0.25) is 0 Å². The summed E-state index contributed by atoms with van der Waals surface area (Å²) in [6.07, 6.45) is 4.03. The second-order valence-electron chi connectivity index (χ2n) is 1.64. The van der Waals surface area contributed by atoms with Gasteiger partial charge in [-0.05, 0) is 0 Å². The highest BCUT2D eigenvalue weighted by atomic mass is 31.1. The van der Waals surface area contributed by atoms with E-state index >= 15 is 0 Å². The molecule has 0 rings (SSSR count). The predicted octanol–water partition coefficient (Wildman–Crippen LogP) is 2.13. The summed E-state index contributed by atoms with van der Waals surface area (Å²) >= 11 is 0. The van der Waals surface area contributed by atoms with Crippen LogP contribution in [0.25, 0.3) is 0 Å². The highest BCUT2D eigenvalue weighted by Crippen LogP contribution is 2.04. The predicted molar refractivity (Wildman–Crippen MR) is 39.7 cm³/mol. The smallest absolute Gasteiger partial charge is 0.142 e. The molecule has 1 atom stereocenters. The Kier molecular flexibility index (Phi) is 6.95. The van der Waals surface area contributed by atoms with Crippen LogP contribution < -0.4 is 0 Å². The first-order chi connectivity index (χ1) is 3.41. The summed E-state index contributed by atoms with van der Waals surface area (Å²) in [5, 5.41) is 0. The summed E-state index contributed by atoms with van der Waals surface area (Å²) in [4.78, 5) is 0. The lowest BCUT2D eigenvalue weighted by Gasteiger charge is -1.88. The zero-order chi connectivity index (χ0) is 5.54. The van der Waals surface area contributed by atoms with Crippen LogP contribution in [0.4, 0.5) is 0 Å². The minimum Gasteiger partial charge on any atom is -0.166 e. The molecule has 0 aromatic heterocycles. The summed E-state index contributed by atoms with van der Waals surface area (Å²) < 4.78 is 0. The highest BCUT2D eigenvalue weighted by molar-refractivity contribution is 7.70. The fourth-order valence-corrected chi connectivity index (χ4v) is 0.943. The first-order valence-electron chi connectivity index (χ1n) is 2.90. The van der Waals surface area contributed by atoms with E-state index in [0.717, 1.165) is 8.46 Å². The van der Waals surface area contributed by atoms with Crippen molar-refractivity contribution in [2.24, 2.45) is 0 Å². The van der Waals surface area contributed by atoms with Crippen molar-refractivity contribution in [2.45, 2.75) is 26.1 Å². The molecule has 0 aromatic carbocycles. The van der Waals surface area contributed by atoms with Crippen molar-refractivity contribution >= 4 is 15.5 Å². The Morgan fingerprint density at radius 3 is 2.71 bits per heavy atom. The second kappa shape index (κ2) is 6.49. The van der Waals surface area contributed by atoms with E-state index in [1.165, 1.54) is 19.2 Å². The summed E-state index contributed by atoms with van der Waals surface area (Å²) in [5.41, 5.74) is 0. The Labute approximate surface area is 49.1 Å². The van der Waals surface area contributed by atoms with Crippen molar-refractivity contribution < 1.29 is 0 Å². The highest BCUT2D eigenvalue weighted by Gasteiger charge is 1.82. The zero-order valence-corrected chi connectivity index (χ0v) is 6.20. The molecule has 0 N–H and O–H groups in total. The van der Waals surface area contributed by atoms with E-state index in [4.69, 9.17) is 0 Å². The average molecular weight is 115 g/mol. The lowest BCUT2D eigenvalue weighted by atomic mass is 9.99. The molecule has 7 heavy (non-hydrogen) atoms. The van der Waals surface area contributed by atoms with E-state index in [2.05, 4.69) is 20.6 Å². The molecule has 0 bridgehead atoms. The summed E-state index contributed by atoms with van der Waals surface area (Å²) in [6.45, 7) is 6.81. The van der Waals surface area contributed by atoms with Gasteiger partial charge in [-0.15, -0.1) is 0 Å². The lowest BCUT2D eigenvalue weighted by molar-refractivity contribution is 0.882. The first kappa shape index (κ1) is 7.49. The van der Waals surface area contributed by atoms with Crippen molar-refractivity contribution in [3.8, 4) is 0 Å². The van der Waals surface area contributed by atoms with Gasteiger partial charge in [-0.25, -0.2) is 0 Å². The third kappa shape index (κ3) is 6.49. The van der Waals surface area contributed by atoms with Crippen molar-refractivity contribution in [1.29, 1.82) is 0 Å². The van der Waals surface area contributed by atoms with Crippen LogP contribution in [0.5, 0.6) is 0 Å². The number of unbranched alkanes of at least 4 members (excludes halogenated alkanes) is 1. The van der Waals surface area contributed by atoms with Gasteiger partial charge < -0.3 is 0 Å². The van der Waals surface area contributed by atoms with E-state index in [0.29, 0.717) is 0 Å². The van der Waals surface area contributed by atoms with Crippen molar-refractivity contribution in [3.63, 3.8) is 0 Å². The molecule has 0 heterocycles. The summed E-state index contributed by atoms with van der Waals surface area (Å²) in [5.74, 6) is 0. The molecular formula is C5H13BP. The standard InChI is InChI=1S/C5H13BP/c1-3-4-5-6-7-2/h7H,3-5H2,1-2H3. The number of rotatable bonds is 4. The number of hydrogen-bond acceptors (Lipinski definition) is 0. The Bertz CT molecular complexity index is 27.3. The van der Waals surface area contributed by atoms with Crippen molar-refractivity contribution in [1.82, 2.24) is 0 Å². The maximum atomic E-state index is 2.36. The number of hydrogen-bond donors (Lipinski definition) is 0. The Balaban J connectivity index is 2.45. The zero-order valence-electron chi connectivity index (χ0n) is 5.20. The van der Waals surface area contributed by atoms with Gasteiger partial charge >= 0.3 is 0 Å². The maximum Gasteiger partial charge on any atom is 0.142 e. The molecule has 0 aliphatic rings. The van der Waals surface area contributed by atoms with Crippen LogP contribution in [-0.2, 0) is 0 Å². The minimum atomic E-state index is 1.04. The van der Waals surface area contributed by atoms with E-state index in [9.17, 15) is 0 Å². The normalized spacial score (nSPS) is 10.6. The third-order valence-electron chi connectivity index (χ3n) is 0.906. The van der Waals surface area contributed by atoms with E-state index < -0.39 is 0 Å². The largest absolute Gasteiger partial charge is 0.166 e. The molecule has 0 aromatic rings. The van der Waals surface area contributed by atoms with Gasteiger partial charge in [0.05, 0.1) is 0 Å². The lowest BCUT2D eigenvalue weighted by Crippen LogP contribution is -1.76. The Morgan fingerprint density at radius 2 is 2.29 bits per heavy atom. The summed E-state index contributed by atoms with van der Waals surface area (Å²) in [6, 6.07) is 0. The van der Waals surface area contributed by atoms with Crippen molar-refractivity contribution in [3.05, 3.63) is 0 Å². The van der Waals surface area contributed by atoms with Crippen LogP contribution in [0.2, 0.25) is 6.32 Å². The molecule has 1 radical (unpaired) electrons. The topological polar surface area (TPSA) is 0 Å². The average Bonchev–Trinajstić information content (AvgIpc) is 1.69.